The van der Waals surface area contributed by atoms with Gasteiger partial charge in [-0.25, -0.2) is 0 Å². The molecule has 3 saturated heterocycles. The number of likely N-dealkylation sites (tertiary alicyclic amines) is 1. The Kier molecular flexibility index (Phi) is 20.3. The van der Waals surface area contributed by atoms with E-state index in [9.17, 15) is 30.0 Å². The lowest BCUT2D eigenvalue weighted by Gasteiger charge is -2.47. The smallest absolute Gasteiger partial charge is 0.308 e. The number of aliphatic hydroxyl groups excluding tert-OH is 4. The molecule has 0 saturated carbocycles. The Bertz CT molecular complexity index is 1420. The Balaban J connectivity index is 1.68. The molecule has 0 amide bonds. The topological polar surface area (TPSA) is 186 Å². The van der Waals surface area contributed by atoms with Crippen molar-refractivity contribution < 1.29 is 63.2 Å². The molecular weight excluding hydrogens is 789 g/mol. The molecule has 4 rings (SSSR count). The monoisotopic (exact) mass is 869 g/mol. The van der Waals surface area contributed by atoms with Crippen molar-refractivity contribution >= 4 is 11.8 Å². The van der Waals surface area contributed by atoms with E-state index in [1.165, 1.54) is 20.6 Å². The minimum absolute atomic E-state index is 0.0427. The van der Waals surface area contributed by atoms with Gasteiger partial charge in [0.25, 0.3) is 0 Å². The number of allylic oxidation sites excluding steroid dienone is 3. The van der Waals surface area contributed by atoms with Crippen molar-refractivity contribution in [2.24, 2.45) is 35.5 Å². The largest absolute Gasteiger partial charge is 0.462 e. The molecule has 0 aliphatic carbocycles. The number of rotatable bonds is 12. The fourth-order valence-corrected chi connectivity index (χ4v) is 10.0. The third kappa shape index (κ3) is 13.8. The van der Waals surface area contributed by atoms with E-state index in [-0.39, 0.29) is 24.7 Å². The van der Waals surface area contributed by atoms with Crippen molar-refractivity contribution in [2.75, 3.05) is 54.6 Å². The number of hydrogen-bond donors (Lipinski definition) is 4. The summed E-state index contributed by atoms with van der Waals surface area (Å²) in [6, 6.07) is -0.684. The summed E-state index contributed by atoms with van der Waals surface area (Å²) in [4.78, 5) is 32.1. The van der Waals surface area contributed by atoms with E-state index in [1.54, 1.807) is 45.0 Å². The molecule has 15 nitrogen and oxygen atoms in total. The first-order chi connectivity index (χ1) is 28.8. The number of likely N-dealkylation sites (N-methyl/N-ethyl adjacent to an activating group) is 1. The van der Waals surface area contributed by atoms with Crippen molar-refractivity contribution in [3.8, 4) is 0 Å². The summed E-state index contributed by atoms with van der Waals surface area (Å²) in [7, 11) is 6.54. The average Bonchev–Trinajstić information content (AvgIpc) is 3.19. The SMILES string of the molecule is CC[C@@H]1OC(=O)C[C@H](O)[C@H](C)[C@H](O[C@@H]2O[C@H](C)[C@H](O)[C@H](N(C)C)[C@@H]2O)[C@H](CCN2C[C@H](C)C[C@H](C)C2)C[C@H](C)C(=O)/C=C\C(C)=C/[C@@H]1CO[C@@H]1O[C@H](C)[C@H](O)[C@@H](OC)[C@@H]1OC. The highest BCUT2D eigenvalue weighted by Crippen LogP contribution is 2.36. The molecule has 352 valence electrons. The summed E-state index contributed by atoms with van der Waals surface area (Å²) in [5.41, 5.74) is 0.761. The van der Waals surface area contributed by atoms with Gasteiger partial charge in [0, 0.05) is 45.1 Å². The van der Waals surface area contributed by atoms with Crippen molar-refractivity contribution in [1.29, 1.82) is 0 Å². The van der Waals surface area contributed by atoms with E-state index in [4.69, 9.17) is 33.2 Å². The second kappa shape index (κ2) is 23.9. The molecule has 0 aromatic carbocycles. The Morgan fingerprint density at radius 2 is 1.44 bits per heavy atom. The van der Waals surface area contributed by atoms with Gasteiger partial charge in [0.2, 0.25) is 0 Å². The van der Waals surface area contributed by atoms with Crippen LogP contribution in [0.3, 0.4) is 0 Å². The fraction of sp³-hybridized carbons (Fsp3) is 0.870. The zero-order valence-corrected chi connectivity index (χ0v) is 38.9. The highest BCUT2D eigenvalue weighted by molar-refractivity contribution is 5.91. The minimum Gasteiger partial charge on any atom is -0.462 e. The first kappa shape index (κ1) is 51.8. The van der Waals surface area contributed by atoms with Crippen molar-refractivity contribution in [1.82, 2.24) is 9.80 Å². The van der Waals surface area contributed by atoms with Gasteiger partial charge in [0.05, 0.1) is 49.6 Å². The van der Waals surface area contributed by atoms with Gasteiger partial charge in [0.15, 0.2) is 18.4 Å². The van der Waals surface area contributed by atoms with Gasteiger partial charge in [-0.3, -0.25) is 9.59 Å². The number of piperidine rings is 1. The molecule has 15 heteroatoms. The van der Waals surface area contributed by atoms with Crippen LogP contribution in [0.5, 0.6) is 0 Å². The van der Waals surface area contributed by atoms with Crippen LogP contribution in [0.25, 0.3) is 0 Å². The summed E-state index contributed by atoms with van der Waals surface area (Å²) in [6.45, 7) is 18.2. The number of carbonyl (C=O) groups is 2. The van der Waals surface area contributed by atoms with Crippen molar-refractivity contribution in [2.45, 2.75) is 167 Å². The normalized spacial score (nSPS) is 44.3. The van der Waals surface area contributed by atoms with Crippen LogP contribution in [0.4, 0.5) is 0 Å². The molecule has 4 aliphatic heterocycles. The number of ether oxygens (including phenoxy) is 7. The summed E-state index contributed by atoms with van der Waals surface area (Å²) >= 11 is 0. The van der Waals surface area contributed by atoms with E-state index < -0.39 is 103 Å². The van der Waals surface area contributed by atoms with E-state index >= 15 is 0 Å². The van der Waals surface area contributed by atoms with Gasteiger partial charge in [-0.15, -0.1) is 0 Å². The lowest BCUT2D eigenvalue weighted by Crippen LogP contribution is -2.63. The van der Waals surface area contributed by atoms with Gasteiger partial charge in [0.1, 0.15) is 30.5 Å². The van der Waals surface area contributed by atoms with E-state index in [2.05, 4.69) is 18.7 Å². The van der Waals surface area contributed by atoms with Crippen LogP contribution in [-0.4, -0.2) is 176 Å². The number of hydrogen-bond acceptors (Lipinski definition) is 15. The fourth-order valence-electron chi connectivity index (χ4n) is 10.0. The Morgan fingerprint density at radius 1 is 0.820 bits per heavy atom. The predicted octanol–water partition coefficient (Wildman–Crippen LogP) is 3.34. The molecule has 61 heavy (non-hydrogen) atoms. The van der Waals surface area contributed by atoms with Gasteiger partial charge in [-0.05, 0) is 90.9 Å². The highest BCUT2D eigenvalue weighted by atomic mass is 16.7. The zero-order valence-electron chi connectivity index (χ0n) is 38.9. The molecule has 0 aromatic heterocycles. The molecule has 4 N–H and O–H groups in total. The van der Waals surface area contributed by atoms with Crippen LogP contribution in [0, 0.1) is 35.5 Å². The highest BCUT2D eigenvalue weighted by Gasteiger charge is 2.48. The number of aliphatic hydroxyl groups is 4. The molecule has 4 aliphatic rings. The maximum absolute atomic E-state index is 14.0. The molecule has 0 aromatic rings. The van der Waals surface area contributed by atoms with Crippen LogP contribution in [0.15, 0.2) is 23.8 Å². The maximum Gasteiger partial charge on any atom is 0.308 e. The summed E-state index contributed by atoms with van der Waals surface area (Å²) in [6.07, 6.45) is -2.96. The summed E-state index contributed by atoms with van der Waals surface area (Å²) < 4.78 is 42.6. The number of cyclic esters (lactones) is 1. The second-order valence-electron chi connectivity index (χ2n) is 18.9. The van der Waals surface area contributed by atoms with Gasteiger partial charge in [-0.2, -0.15) is 0 Å². The number of methoxy groups -OCH3 is 2. The summed E-state index contributed by atoms with van der Waals surface area (Å²) in [5, 5.41) is 45.3. The zero-order chi connectivity index (χ0) is 45.3. The lowest BCUT2D eigenvalue weighted by molar-refractivity contribution is -0.304. The number of carbonyl (C=O) groups excluding carboxylic acids is 2. The molecule has 0 unspecified atom stereocenters. The molecule has 0 radical (unpaired) electrons. The van der Waals surface area contributed by atoms with E-state index in [0.717, 1.165) is 25.2 Å². The van der Waals surface area contributed by atoms with Crippen LogP contribution < -0.4 is 0 Å². The Morgan fingerprint density at radius 3 is 2.05 bits per heavy atom. The third-order valence-electron chi connectivity index (χ3n) is 13.5. The maximum atomic E-state index is 14.0. The second-order valence-corrected chi connectivity index (χ2v) is 18.9. The first-order valence-corrected chi connectivity index (χ1v) is 22.6. The summed E-state index contributed by atoms with van der Waals surface area (Å²) in [5.74, 6) is -1.46. The molecular formula is C46H80N2O13. The standard InChI is InChI=1S/C46H80N2O13/c1-13-36-33(24-57-46-44(56-12)43(55-11)40(53)31(8)59-46)19-25(2)14-15-34(49)28(5)20-32(16-17-48-22-26(3)18-27(4)23-48)42(29(6)35(50)21-37(51)60-36)61-45-41(54)38(47(9)10)39(52)30(7)58-45/h14-15,19,26-33,35-36,38-46,50,52-54H,13,16-18,20-24H2,1-12H3/b15-14-,25-19-/t26-,27+,28-,29-,30+,31+,32+,33+,35-,36-,38-,39-,40-,41-,42-,43+,44-,45-,46+/m0/s1. The number of nitrogens with zero attached hydrogens (tertiary/aromatic N) is 2. The van der Waals surface area contributed by atoms with Crippen LogP contribution in [0.1, 0.15) is 87.5 Å². The number of esters is 1. The average molecular weight is 869 g/mol. The third-order valence-corrected chi connectivity index (χ3v) is 13.5. The van der Waals surface area contributed by atoms with E-state index in [0.29, 0.717) is 31.1 Å². The minimum atomic E-state index is -1.23. The van der Waals surface area contributed by atoms with Gasteiger partial charge < -0.3 is 63.4 Å². The molecule has 4 heterocycles. The predicted molar refractivity (Wildman–Crippen MR) is 229 cm³/mol. The Hall–Kier alpha value is -1.86. The van der Waals surface area contributed by atoms with Crippen molar-refractivity contribution in [3.63, 3.8) is 0 Å². The van der Waals surface area contributed by atoms with Crippen LogP contribution >= 0.6 is 0 Å². The van der Waals surface area contributed by atoms with E-state index in [1.807, 2.05) is 33.8 Å². The quantitative estimate of drug-likeness (QED) is 0.209. The molecule has 19 atom stereocenters. The molecule has 0 spiro atoms. The van der Waals surface area contributed by atoms with Gasteiger partial charge >= 0.3 is 5.97 Å². The first-order valence-electron chi connectivity index (χ1n) is 22.6. The van der Waals surface area contributed by atoms with Crippen LogP contribution in [0.2, 0.25) is 0 Å². The lowest BCUT2D eigenvalue weighted by atomic mass is 9.79. The van der Waals surface area contributed by atoms with Crippen LogP contribution in [-0.2, 0) is 42.7 Å². The number of ketones is 1. The van der Waals surface area contributed by atoms with Gasteiger partial charge in [-0.1, -0.05) is 52.3 Å². The van der Waals surface area contributed by atoms with Crippen molar-refractivity contribution in [3.05, 3.63) is 23.8 Å². The molecule has 0 bridgehead atoms. The molecule has 3 fully saturated rings. The Labute approximate surface area is 365 Å².